The second kappa shape index (κ2) is 14.7. The Labute approximate surface area is 277 Å². The number of halogens is 1. The molecule has 240 valence electrons. The Balaban J connectivity index is 0.00000230. The van der Waals surface area contributed by atoms with Crippen molar-refractivity contribution in [3.05, 3.63) is 59.8 Å². The number of pyridine rings is 1. The molecular weight excluding hydrogens is 612 g/mol. The lowest BCUT2D eigenvalue weighted by molar-refractivity contribution is -0.131. The first-order valence-electron chi connectivity index (χ1n) is 14.9. The van der Waals surface area contributed by atoms with E-state index in [0.717, 1.165) is 54.1 Å². The summed E-state index contributed by atoms with van der Waals surface area (Å²) in [6.45, 7) is 9.26. The monoisotopic (exact) mass is 652 g/mol. The second-order valence-corrected chi connectivity index (χ2v) is 11.7. The molecule has 1 aromatic carbocycles. The van der Waals surface area contributed by atoms with Crippen molar-refractivity contribution in [2.24, 2.45) is 0 Å². The average Bonchev–Trinajstić information content (AvgIpc) is 3.43. The van der Waals surface area contributed by atoms with Crippen molar-refractivity contribution >= 4 is 55.2 Å². The number of carbonyl (C=O) groups excluding carboxylic acids is 1. The molecule has 10 nitrogen and oxygen atoms in total. The third kappa shape index (κ3) is 6.98. The first kappa shape index (κ1) is 34.3. The fraction of sp³-hybridized carbons (Fsp3) is 0.469. The van der Waals surface area contributed by atoms with Gasteiger partial charge in [0.15, 0.2) is 5.83 Å². The summed E-state index contributed by atoms with van der Waals surface area (Å²) in [6.07, 6.45) is 6.83. The molecule has 45 heavy (non-hydrogen) atoms. The normalized spacial score (nSPS) is 19.7. The zero-order valence-electron chi connectivity index (χ0n) is 25.8. The van der Waals surface area contributed by atoms with Gasteiger partial charge < -0.3 is 24.3 Å². The van der Waals surface area contributed by atoms with Crippen LogP contribution in [-0.4, -0.2) is 89.1 Å². The summed E-state index contributed by atoms with van der Waals surface area (Å²) >= 11 is 0. The summed E-state index contributed by atoms with van der Waals surface area (Å²) in [7, 11) is 2.11. The number of carbonyl (C=O) groups is 1. The minimum atomic E-state index is -1.01. The molecule has 3 aliphatic heterocycles. The highest BCUT2D eigenvalue weighted by molar-refractivity contribution is 7.59. The quantitative estimate of drug-likeness (QED) is 0.351. The van der Waals surface area contributed by atoms with Crippen molar-refractivity contribution < 1.29 is 13.9 Å². The number of ether oxygens (including phenoxy) is 1. The largest absolute Gasteiger partial charge is 0.462 e. The van der Waals surface area contributed by atoms with Crippen molar-refractivity contribution in [3.63, 3.8) is 0 Å². The average molecular weight is 653 g/mol. The van der Waals surface area contributed by atoms with E-state index in [1.54, 1.807) is 0 Å². The number of piperazine rings is 1. The highest BCUT2D eigenvalue weighted by Crippen LogP contribution is 2.35. The number of nitriles is 1. The molecule has 3 aromatic rings. The number of likely N-dealkylation sites (tertiary alicyclic amines) is 1. The van der Waals surface area contributed by atoms with E-state index in [2.05, 4.69) is 64.5 Å². The van der Waals surface area contributed by atoms with Crippen LogP contribution in [0, 0.1) is 18.3 Å². The summed E-state index contributed by atoms with van der Waals surface area (Å²) in [4.78, 5) is 35.0. The van der Waals surface area contributed by atoms with E-state index >= 15 is 0 Å². The van der Waals surface area contributed by atoms with Gasteiger partial charge in [0, 0.05) is 54.8 Å². The van der Waals surface area contributed by atoms with Crippen LogP contribution in [0.1, 0.15) is 36.1 Å². The predicted octanol–water partition coefficient (Wildman–Crippen LogP) is 4.01. The van der Waals surface area contributed by atoms with Crippen LogP contribution >= 0.6 is 27.0 Å². The van der Waals surface area contributed by atoms with Gasteiger partial charge in [-0.15, -0.1) is 0 Å². The molecule has 13 heteroatoms. The van der Waals surface area contributed by atoms with Crippen LogP contribution in [0.25, 0.3) is 10.8 Å². The Morgan fingerprint density at radius 3 is 2.69 bits per heavy atom. The molecule has 2 aromatic heterocycles. The number of likely N-dealkylation sites (N-methyl/N-ethyl adjacent to an activating group) is 1. The first-order valence-corrected chi connectivity index (χ1v) is 14.9. The van der Waals surface area contributed by atoms with E-state index in [0.29, 0.717) is 44.7 Å². The maximum absolute atomic E-state index is 13.8. The van der Waals surface area contributed by atoms with E-state index < -0.39 is 17.8 Å². The van der Waals surface area contributed by atoms with Gasteiger partial charge in [0.05, 0.1) is 42.7 Å². The van der Waals surface area contributed by atoms with E-state index in [4.69, 9.17) is 14.7 Å². The highest BCUT2D eigenvalue weighted by atomic mass is 32.1. The molecule has 0 spiro atoms. The number of nitrogens with zero attached hydrogens (tertiary/aromatic N) is 8. The number of rotatable bonds is 7. The Hall–Kier alpha value is -3.60. The Bertz CT molecular complexity index is 1600. The fourth-order valence-corrected chi connectivity index (χ4v) is 6.67. The molecule has 0 saturated carbocycles. The number of amides is 1. The van der Waals surface area contributed by atoms with Crippen molar-refractivity contribution in [2.75, 3.05) is 56.2 Å². The SMILES string of the molecule is C=C(F)C(=O)N1CCN(c2nc(OC[C@@H]3CCCN3C)nc3c2CCN(c2cncc4cccc(C)c24)C3)C[C@@H]1CC#N.S.S. The van der Waals surface area contributed by atoms with Crippen LogP contribution in [-0.2, 0) is 17.8 Å². The van der Waals surface area contributed by atoms with Crippen LogP contribution in [0.4, 0.5) is 15.9 Å². The smallest absolute Gasteiger partial charge is 0.318 e. The van der Waals surface area contributed by atoms with Crippen molar-refractivity contribution in [2.45, 2.75) is 51.2 Å². The number of anilines is 2. The summed E-state index contributed by atoms with van der Waals surface area (Å²) in [5.74, 6) is -1.01. The van der Waals surface area contributed by atoms with E-state index in [1.165, 1.54) is 15.8 Å². The Kier molecular flexibility index (Phi) is 11.2. The number of aryl methyl sites for hydroxylation is 1. The van der Waals surface area contributed by atoms with Gasteiger partial charge in [0.25, 0.3) is 5.91 Å². The van der Waals surface area contributed by atoms with Crippen molar-refractivity contribution in [1.82, 2.24) is 24.8 Å². The molecule has 0 radical (unpaired) electrons. The Morgan fingerprint density at radius 2 is 1.96 bits per heavy atom. The standard InChI is InChI=1S/C32H37FN8O2.2H2S/c1-21-6-4-7-23-16-35-17-28(29(21)23)39-13-10-26-27(19-39)36-32(43-20-25-8-5-12-38(25)3)37-30(26)40-14-15-41(31(42)22(2)33)24(18-40)9-11-34;;/h4,6-7,16-17,24-25H,2,5,8-10,12-15,18-20H2,1,3H3;2*1H2/t24-,25-;;/m0../s1. The third-order valence-corrected chi connectivity index (χ3v) is 9.01. The van der Waals surface area contributed by atoms with E-state index in [9.17, 15) is 14.4 Å². The number of hydrogen-bond donors (Lipinski definition) is 0. The van der Waals surface area contributed by atoms with E-state index in [1.807, 2.05) is 12.4 Å². The van der Waals surface area contributed by atoms with Crippen LogP contribution in [0.3, 0.4) is 0 Å². The lowest BCUT2D eigenvalue weighted by Gasteiger charge is -2.42. The molecule has 0 aliphatic carbocycles. The molecule has 2 fully saturated rings. The topological polar surface area (TPSA) is 102 Å². The van der Waals surface area contributed by atoms with Gasteiger partial charge in [-0.2, -0.15) is 42.2 Å². The number of aromatic nitrogens is 3. The maximum atomic E-state index is 13.8. The zero-order valence-corrected chi connectivity index (χ0v) is 27.8. The zero-order chi connectivity index (χ0) is 30.1. The number of hydrogen-bond acceptors (Lipinski definition) is 9. The molecule has 0 N–H and O–H groups in total. The predicted molar refractivity (Wildman–Crippen MR) is 183 cm³/mol. The molecule has 5 heterocycles. The van der Waals surface area contributed by atoms with Gasteiger partial charge in [-0.3, -0.25) is 9.78 Å². The molecule has 2 atom stereocenters. The molecule has 3 aliphatic rings. The van der Waals surface area contributed by atoms with Gasteiger partial charge in [-0.1, -0.05) is 24.8 Å². The van der Waals surface area contributed by atoms with Crippen molar-refractivity contribution in [3.8, 4) is 12.1 Å². The lowest BCUT2D eigenvalue weighted by atomic mass is 10.0. The highest BCUT2D eigenvalue weighted by Gasteiger charge is 2.35. The Morgan fingerprint density at radius 1 is 1.13 bits per heavy atom. The number of benzene rings is 1. The van der Waals surface area contributed by atoms with Crippen LogP contribution in [0.2, 0.25) is 0 Å². The van der Waals surface area contributed by atoms with Gasteiger partial charge in [0.2, 0.25) is 0 Å². The summed E-state index contributed by atoms with van der Waals surface area (Å²) in [5.41, 5.74) is 4.20. The molecule has 2 saturated heterocycles. The molecule has 1 amide bonds. The molecule has 0 bridgehead atoms. The van der Waals surface area contributed by atoms with Gasteiger partial charge in [0.1, 0.15) is 12.4 Å². The van der Waals surface area contributed by atoms with Crippen LogP contribution in [0.5, 0.6) is 6.01 Å². The minimum absolute atomic E-state index is 0. The van der Waals surface area contributed by atoms with E-state index in [-0.39, 0.29) is 40.0 Å². The van der Waals surface area contributed by atoms with Gasteiger partial charge in [-0.05, 0) is 45.3 Å². The second-order valence-electron chi connectivity index (χ2n) is 11.7. The first-order chi connectivity index (χ1) is 20.8. The lowest BCUT2D eigenvalue weighted by Crippen LogP contribution is -2.55. The third-order valence-electron chi connectivity index (χ3n) is 9.01. The molecule has 0 unspecified atom stereocenters. The maximum Gasteiger partial charge on any atom is 0.318 e. The summed E-state index contributed by atoms with van der Waals surface area (Å²) in [6, 6.07) is 8.58. The minimum Gasteiger partial charge on any atom is -0.462 e. The van der Waals surface area contributed by atoms with Crippen LogP contribution < -0.4 is 14.5 Å². The summed E-state index contributed by atoms with van der Waals surface area (Å²) < 4.78 is 20.1. The summed E-state index contributed by atoms with van der Waals surface area (Å²) in [5, 5.41) is 11.8. The number of fused-ring (bicyclic) bond motifs is 2. The molecular formula is C32H41FN8O2S2. The molecule has 6 rings (SSSR count). The van der Waals surface area contributed by atoms with Crippen LogP contribution in [0.15, 0.2) is 43.0 Å². The van der Waals surface area contributed by atoms with Gasteiger partial charge in [-0.25, -0.2) is 4.39 Å². The fourth-order valence-electron chi connectivity index (χ4n) is 6.67. The van der Waals surface area contributed by atoms with Gasteiger partial charge >= 0.3 is 6.01 Å². The van der Waals surface area contributed by atoms with Crippen molar-refractivity contribution in [1.29, 1.82) is 5.26 Å².